The van der Waals surface area contributed by atoms with Crippen LogP contribution in [0.3, 0.4) is 0 Å². The minimum atomic E-state index is -0.464. The fourth-order valence-electron chi connectivity index (χ4n) is 2.79. The van der Waals surface area contributed by atoms with E-state index in [2.05, 4.69) is 9.97 Å². The lowest BCUT2D eigenvalue weighted by Crippen LogP contribution is -2.44. The quantitative estimate of drug-likeness (QED) is 0.834. The minimum absolute atomic E-state index is 0.117. The molecule has 1 atom stereocenters. The molecule has 1 fully saturated rings. The van der Waals surface area contributed by atoms with E-state index in [1.165, 1.54) is 12.1 Å². The smallest absolute Gasteiger partial charge is 0.316 e. The molecule has 1 aliphatic rings. The number of halogens is 2. The normalized spacial score (nSPS) is 17.4. The molecule has 2 aromatic rings. The highest BCUT2D eigenvalue weighted by Gasteiger charge is 2.27. The second-order valence-electron chi connectivity index (χ2n) is 5.98. The molecule has 7 heteroatoms. The highest BCUT2D eigenvalue weighted by atomic mass is 35.5. The number of amides is 1. The molecule has 0 spiro atoms. The van der Waals surface area contributed by atoms with E-state index in [9.17, 15) is 9.18 Å². The van der Waals surface area contributed by atoms with Crippen LogP contribution in [0, 0.1) is 5.82 Å². The van der Waals surface area contributed by atoms with Crippen LogP contribution in [0.5, 0.6) is 6.01 Å². The highest BCUT2D eigenvalue weighted by molar-refractivity contribution is 6.33. The van der Waals surface area contributed by atoms with Crippen molar-refractivity contribution in [1.82, 2.24) is 14.9 Å². The van der Waals surface area contributed by atoms with Crippen molar-refractivity contribution in [1.29, 1.82) is 0 Å². The summed E-state index contributed by atoms with van der Waals surface area (Å²) in [6.07, 6.45) is 5.80. The fourth-order valence-corrected chi connectivity index (χ4v) is 3.04. The van der Waals surface area contributed by atoms with E-state index in [0.717, 1.165) is 30.9 Å². The first kappa shape index (κ1) is 17.6. The molecular formula is C18H19ClFN3O2. The highest BCUT2D eigenvalue weighted by Crippen LogP contribution is 2.22. The van der Waals surface area contributed by atoms with Crippen LogP contribution in [-0.2, 0) is 6.42 Å². The van der Waals surface area contributed by atoms with Crippen molar-refractivity contribution in [2.75, 3.05) is 13.1 Å². The van der Waals surface area contributed by atoms with Crippen LogP contribution in [0.2, 0.25) is 5.02 Å². The first-order valence-electron chi connectivity index (χ1n) is 8.28. The summed E-state index contributed by atoms with van der Waals surface area (Å²) >= 11 is 6.00. The first-order valence-corrected chi connectivity index (χ1v) is 8.66. The zero-order valence-electron chi connectivity index (χ0n) is 13.9. The van der Waals surface area contributed by atoms with E-state index < -0.39 is 5.82 Å². The predicted molar refractivity (Wildman–Crippen MR) is 92.4 cm³/mol. The summed E-state index contributed by atoms with van der Waals surface area (Å²) in [5.41, 5.74) is 1.34. The number of carbonyl (C=O) groups is 1. The third-order valence-corrected chi connectivity index (χ3v) is 4.50. The molecule has 2 heterocycles. The molecule has 0 bridgehead atoms. The number of piperidine rings is 1. The van der Waals surface area contributed by atoms with Crippen LogP contribution in [-0.4, -0.2) is 40.0 Å². The SMILES string of the molecule is CCc1cnc(OC2CCCN(C(=O)c3ccc(F)cc3Cl)C2)nc1. The van der Waals surface area contributed by atoms with Gasteiger partial charge in [0.1, 0.15) is 11.9 Å². The van der Waals surface area contributed by atoms with Gasteiger partial charge in [-0.05, 0) is 43.0 Å². The largest absolute Gasteiger partial charge is 0.458 e. The van der Waals surface area contributed by atoms with Crippen molar-refractivity contribution >= 4 is 17.5 Å². The molecule has 25 heavy (non-hydrogen) atoms. The number of hydrogen-bond acceptors (Lipinski definition) is 4. The van der Waals surface area contributed by atoms with Crippen LogP contribution in [0.15, 0.2) is 30.6 Å². The van der Waals surface area contributed by atoms with Gasteiger partial charge in [-0.25, -0.2) is 14.4 Å². The van der Waals surface area contributed by atoms with Gasteiger partial charge >= 0.3 is 6.01 Å². The molecule has 1 aliphatic heterocycles. The first-order chi connectivity index (χ1) is 12.1. The zero-order chi connectivity index (χ0) is 17.8. The van der Waals surface area contributed by atoms with E-state index >= 15 is 0 Å². The molecule has 0 N–H and O–H groups in total. The number of benzene rings is 1. The Balaban J connectivity index is 1.66. The van der Waals surface area contributed by atoms with Crippen LogP contribution in [0.4, 0.5) is 4.39 Å². The number of aromatic nitrogens is 2. The summed E-state index contributed by atoms with van der Waals surface area (Å²) in [4.78, 5) is 22.7. The number of likely N-dealkylation sites (tertiary alicyclic amines) is 1. The average molecular weight is 364 g/mol. The van der Waals surface area contributed by atoms with Crippen LogP contribution >= 0.6 is 11.6 Å². The summed E-state index contributed by atoms with van der Waals surface area (Å²) < 4.78 is 19.0. The number of rotatable bonds is 4. The second-order valence-corrected chi connectivity index (χ2v) is 6.39. The second kappa shape index (κ2) is 7.78. The van der Waals surface area contributed by atoms with E-state index in [4.69, 9.17) is 16.3 Å². The van der Waals surface area contributed by atoms with Gasteiger partial charge in [-0.15, -0.1) is 0 Å². The lowest BCUT2D eigenvalue weighted by atomic mass is 10.1. The predicted octanol–water partition coefficient (Wildman–Crippen LogP) is 3.52. The Morgan fingerprint density at radius 3 is 2.84 bits per heavy atom. The Bertz CT molecular complexity index is 754. The molecule has 1 amide bonds. The van der Waals surface area contributed by atoms with E-state index in [1.807, 2.05) is 6.92 Å². The number of aryl methyl sites for hydroxylation is 1. The topological polar surface area (TPSA) is 55.3 Å². The molecular weight excluding hydrogens is 345 g/mol. The molecule has 5 nitrogen and oxygen atoms in total. The molecule has 0 aliphatic carbocycles. The molecule has 132 valence electrons. The standard InChI is InChI=1S/C18H19ClFN3O2/c1-2-12-9-21-18(22-10-12)25-14-4-3-7-23(11-14)17(24)15-6-5-13(20)8-16(15)19/h5-6,8-10,14H,2-4,7,11H2,1H3. The molecule has 1 saturated heterocycles. The number of ether oxygens (including phenoxy) is 1. The lowest BCUT2D eigenvalue weighted by molar-refractivity contribution is 0.0516. The number of nitrogens with zero attached hydrogens (tertiary/aromatic N) is 3. The van der Waals surface area contributed by atoms with E-state index in [-0.39, 0.29) is 17.0 Å². The Labute approximate surface area is 150 Å². The third kappa shape index (κ3) is 4.25. The number of hydrogen-bond donors (Lipinski definition) is 0. The molecule has 1 aromatic heterocycles. The van der Waals surface area contributed by atoms with Crippen molar-refractivity contribution in [3.8, 4) is 6.01 Å². The molecule has 1 aromatic carbocycles. The Hall–Kier alpha value is -2.21. The van der Waals surface area contributed by atoms with Gasteiger partial charge in [0.15, 0.2) is 0 Å². The van der Waals surface area contributed by atoms with Gasteiger partial charge in [0.25, 0.3) is 5.91 Å². The van der Waals surface area contributed by atoms with Crippen LogP contribution in [0.25, 0.3) is 0 Å². The Kier molecular flexibility index (Phi) is 5.48. The third-order valence-electron chi connectivity index (χ3n) is 4.19. The van der Waals surface area contributed by atoms with Gasteiger partial charge < -0.3 is 9.64 Å². The summed E-state index contributed by atoms with van der Waals surface area (Å²) in [7, 11) is 0. The Morgan fingerprint density at radius 1 is 1.40 bits per heavy atom. The van der Waals surface area contributed by atoms with E-state index in [0.29, 0.717) is 24.7 Å². The maximum absolute atomic E-state index is 13.2. The van der Waals surface area contributed by atoms with Crippen molar-refractivity contribution in [2.24, 2.45) is 0 Å². The Morgan fingerprint density at radius 2 is 2.16 bits per heavy atom. The zero-order valence-corrected chi connectivity index (χ0v) is 14.7. The van der Waals surface area contributed by atoms with Gasteiger partial charge in [0.05, 0.1) is 17.1 Å². The lowest BCUT2D eigenvalue weighted by Gasteiger charge is -2.32. The van der Waals surface area contributed by atoms with Crippen molar-refractivity contribution in [3.63, 3.8) is 0 Å². The van der Waals surface area contributed by atoms with Gasteiger partial charge in [-0.1, -0.05) is 18.5 Å². The van der Waals surface area contributed by atoms with Crippen molar-refractivity contribution in [2.45, 2.75) is 32.3 Å². The van der Waals surface area contributed by atoms with E-state index in [1.54, 1.807) is 17.3 Å². The molecule has 3 rings (SSSR count). The molecule has 1 unspecified atom stereocenters. The average Bonchev–Trinajstić information content (AvgIpc) is 2.62. The minimum Gasteiger partial charge on any atom is -0.458 e. The summed E-state index contributed by atoms with van der Waals surface area (Å²) in [5.74, 6) is -0.686. The molecule has 0 radical (unpaired) electrons. The summed E-state index contributed by atoms with van der Waals surface area (Å²) in [6.45, 7) is 3.07. The maximum Gasteiger partial charge on any atom is 0.316 e. The number of carbonyl (C=O) groups excluding carboxylic acids is 1. The van der Waals surface area contributed by atoms with Crippen molar-refractivity contribution < 1.29 is 13.9 Å². The van der Waals surface area contributed by atoms with Crippen molar-refractivity contribution in [3.05, 3.63) is 52.6 Å². The van der Waals surface area contributed by atoms with Crippen LogP contribution < -0.4 is 4.74 Å². The summed E-state index contributed by atoms with van der Waals surface area (Å²) in [5, 5.41) is 0.117. The van der Waals surface area contributed by atoms with Gasteiger partial charge in [-0.2, -0.15) is 0 Å². The monoisotopic (exact) mass is 363 g/mol. The summed E-state index contributed by atoms with van der Waals surface area (Å²) in [6, 6.07) is 4.11. The van der Waals surface area contributed by atoms with Gasteiger partial charge in [0.2, 0.25) is 0 Å². The molecule has 0 saturated carbocycles. The van der Waals surface area contributed by atoms with Gasteiger partial charge in [-0.3, -0.25) is 4.79 Å². The fraction of sp³-hybridized carbons (Fsp3) is 0.389. The van der Waals surface area contributed by atoms with Gasteiger partial charge in [0, 0.05) is 18.9 Å². The van der Waals surface area contributed by atoms with Crippen LogP contribution in [0.1, 0.15) is 35.7 Å². The maximum atomic E-state index is 13.2.